The summed E-state index contributed by atoms with van der Waals surface area (Å²) in [5, 5.41) is 11.0. The Morgan fingerprint density at radius 2 is 1.86 bits per heavy atom. The van der Waals surface area contributed by atoms with Gasteiger partial charge < -0.3 is 0 Å². The number of carbonyl (C=O) groups excluding carboxylic acids is 1. The fourth-order valence-electron chi connectivity index (χ4n) is 1.47. The Labute approximate surface area is 126 Å². The number of sulfonamides is 1. The van der Waals surface area contributed by atoms with Crippen LogP contribution >= 0.6 is 11.3 Å². The predicted octanol–water partition coefficient (Wildman–Crippen LogP) is 1.07. The molecule has 2 rings (SSSR count). The summed E-state index contributed by atoms with van der Waals surface area (Å²) in [6.07, 6.45) is 0. The van der Waals surface area contributed by atoms with Gasteiger partial charge in [-0.2, -0.15) is 0 Å². The molecule has 0 saturated heterocycles. The molecule has 0 aliphatic carbocycles. The van der Waals surface area contributed by atoms with Crippen LogP contribution in [-0.4, -0.2) is 31.1 Å². The van der Waals surface area contributed by atoms with Gasteiger partial charge in [0.1, 0.15) is 5.01 Å². The fraction of sp³-hybridized carbons (Fsp3) is 0.250. The minimum absolute atomic E-state index is 0.118. The van der Waals surface area contributed by atoms with Crippen molar-refractivity contribution in [3.8, 4) is 0 Å². The van der Waals surface area contributed by atoms with Crippen LogP contribution in [0.1, 0.15) is 10.6 Å². The fourth-order valence-corrected chi connectivity index (χ4v) is 3.06. The van der Waals surface area contributed by atoms with E-state index in [2.05, 4.69) is 20.2 Å². The largest absolute Gasteiger partial charge is 0.299 e. The van der Waals surface area contributed by atoms with Crippen LogP contribution < -0.4 is 10.0 Å². The maximum atomic E-state index is 12.0. The van der Waals surface area contributed by atoms with Crippen molar-refractivity contribution in [2.45, 2.75) is 18.7 Å². The molecule has 0 atom stereocenters. The van der Waals surface area contributed by atoms with E-state index < -0.39 is 15.9 Å². The maximum absolute atomic E-state index is 12.0. The molecule has 9 heteroatoms. The molecule has 21 heavy (non-hydrogen) atoms. The summed E-state index contributed by atoms with van der Waals surface area (Å²) in [5.74, 6) is -0.498. The van der Waals surface area contributed by atoms with Crippen molar-refractivity contribution in [1.82, 2.24) is 14.9 Å². The van der Waals surface area contributed by atoms with Crippen LogP contribution in [0.3, 0.4) is 0 Å². The summed E-state index contributed by atoms with van der Waals surface area (Å²) in [6, 6.07) is 6.37. The lowest BCUT2D eigenvalue weighted by atomic mass is 10.2. The lowest BCUT2D eigenvalue weighted by molar-refractivity contribution is -0.115. The standard InChI is InChI=1S/C12H14N4O3S2/c1-8-3-5-10(6-4-8)21(18,19)13-7-11(17)14-12-16-15-9(2)20-12/h3-6,13H,7H2,1-2H3,(H,14,16,17). The third-order valence-corrected chi connectivity index (χ3v) is 4.70. The van der Waals surface area contributed by atoms with Gasteiger partial charge in [-0.3, -0.25) is 10.1 Å². The van der Waals surface area contributed by atoms with Crippen LogP contribution in [0.25, 0.3) is 0 Å². The third kappa shape index (κ3) is 4.31. The highest BCUT2D eigenvalue weighted by Gasteiger charge is 2.15. The van der Waals surface area contributed by atoms with Crippen LogP contribution in [0, 0.1) is 13.8 Å². The highest BCUT2D eigenvalue weighted by molar-refractivity contribution is 7.89. The second kappa shape index (κ2) is 6.29. The topological polar surface area (TPSA) is 101 Å². The van der Waals surface area contributed by atoms with Crippen LogP contribution in [-0.2, 0) is 14.8 Å². The zero-order valence-corrected chi connectivity index (χ0v) is 13.1. The highest BCUT2D eigenvalue weighted by Crippen LogP contribution is 2.13. The van der Waals surface area contributed by atoms with Gasteiger partial charge >= 0.3 is 0 Å². The molecule has 2 N–H and O–H groups in total. The number of aromatic nitrogens is 2. The highest BCUT2D eigenvalue weighted by atomic mass is 32.2. The number of nitrogens with one attached hydrogen (secondary N) is 2. The molecule has 0 aliphatic heterocycles. The van der Waals surface area contributed by atoms with E-state index in [1.54, 1.807) is 19.1 Å². The van der Waals surface area contributed by atoms with Gasteiger partial charge in [-0.1, -0.05) is 29.0 Å². The van der Waals surface area contributed by atoms with Crippen molar-refractivity contribution in [2.75, 3.05) is 11.9 Å². The van der Waals surface area contributed by atoms with Crippen molar-refractivity contribution in [1.29, 1.82) is 0 Å². The van der Waals surface area contributed by atoms with Crippen molar-refractivity contribution >= 4 is 32.4 Å². The van der Waals surface area contributed by atoms with Gasteiger partial charge in [-0.05, 0) is 26.0 Å². The van der Waals surface area contributed by atoms with Crippen molar-refractivity contribution in [3.05, 3.63) is 34.8 Å². The average molecular weight is 326 g/mol. The minimum Gasteiger partial charge on any atom is -0.299 e. The SMILES string of the molecule is Cc1ccc(S(=O)(=O)NCC(=O)Nc2nnc(C)s2)cc1. The summed E-state index contributed by atoms with van der Waals surface area (Å²) < 4.78 is 26.2. The van der Waals surface area contributed by atoms with Gasteiger partial charge in [0.2, 0.25) is 21.1 Å². The number of aryl methyl sites for hydroxylation is 2. The van der Waals surface area contributed by atoms with Gasteiger partial charge in [-0.25, -0.2) is 13.1 Å². The minimum atomic E-state index is -3.70. The lowest BCUT2D eigenvalue weighted by Crippen LogP contribution is -2.32. The number of amides is 1. The van der Waals surface area contributed by atoms with Crippen molar-refractivity contribution in [2.24, 2.45) is 0 Å². The Morgan fingerprint density at radius 3 is 2.43 bits per heavy atom. The summed E-state index contributed by atoms with van der Waals surface area (Å²) in [4.78, 5) is 11.8. The number of hydrogen-bond acceptors (Lipinski definition) is 6. The van der Waals surface area contributed by atoms with Crippen LogP contribution in [0.15, 0.2) is 29.2 Å². The third-order valence-electron chi connectivity index (χ3n) is 2.53. The number of carbonyl (C=O) groups is 1. The summed E-state index contributed by atoms with van der Waals surface area (Å²) in [6.45, 7) is 3.25. The molecule has 0 radical (unpaired) electrons. The first kappa shape index (κ1) is 15.5. The molecule has 0 aliphatic rings. The molecule has 7 nitrogen and oxygen atoms in total. The van der Waals surface area contributed by atoms with E-state index >= 15 is 0 Å². The molecule has 2 aromatic rings. The molecule has 1 heterocycles. The van der Waals surface area contributed by atoms with Gasteiger partial charge in [0, 0.05) is 0 Å². The Morgan fingerprint density at radius 1 is 1.19 bits per heavy atom. The molecular formula is C12H14N4O3S2. The zero-order valence-electron chi connectivity index (χ0n) is 11.5. The summed E-state index contributed by atoms with van der Waals surface area (Å²) >= 11 is 1.22. The predicted molar refractivity (Wildman–Crippen MR) is 79.6 cm³/mol. The number of nitrogens with zero attached hydrogens (tertiary/aromatic N) is 2. The molecule has 0 bridgehead atoms. The van der Waals surface area contributed by atoms with Crippen LogP contribution in [0.5, 0.6) is 0 Å². The molecule has 112 valence electrons. The number of hydrogen-bond donors (Lipinski definition) is 2. The van der Waals surface area contributed by atoms with Gasteiger partial charge in [-0.15, -0.1) is 10.2 Å². The first-order valence-corrected chi connectivity index (χ1v) is 8.33. The van der Waals surface area contributed by atoms with E-state index in [1.165, 1.54) is 23.5 Å². The van der Waals surface area contributed by atoms with Crippen LogP contribution in [0.4, 0.5) is 5.13 Å². The lowest BCUT2D eigenvalue weighted by Gasteiger charge is -2.06. The summed E-state index contributed by atoms with van der Waals surface area (Å²) in [5.41, 5.74) is 0.957. The zero-order chi connectivity index (χ0) is 15.5. The smallest absolute Gasteiger partial charge is 0.241 e. The van der Waals surface area contributed by atoms with Crippen molar-refractivity contribution < 1.29 is 13.2 Å². The number of benzene rings is 1. The second-order valence-electron chi connectivity index (χ2n) is 4.31. The monoisotopic (exact) mass is 326 g/mol. The van der Waals surface area contributed by atoms with Gasteiger partial charge in [0.25, 0.3) is 0 Å². The van der Waals surface area contributed by atoms with E-state index in [0.29, 0.717) is 10.1 Å². The van der Waals surface area contributed by atoms with Crippen LogP contribution in [0.2, 0.25) is 0 Å². The Bertz CT molecular complexity index is 738. The molecule has 1 aromatic carbocycles. The first-order valence-electron chi connectivity index (χ1n) is 6.03. The summed E-state index contributed by atoms with van der Waals surface area (Å²) in [7, 11) is -3.70. The molecule has 0 unspecified atom stereocenters. The molecule has 0 spiro atoms. The molecule has 0 fully saturated rings. The maximum Gasteiger partial charge on any atom is 0.241 e. The molecular weight excluding hydrogens is 312 g/mol. The average Bonchev–Trinajstić information content (AvgIpc) is 2.82. The molecule has 0 saturated carbocycles. The first-order chi connectivity index (χ1) is 9.87. The van der Waals surface area contributed by atoms with Crippen molar-refractivity contribution in [3.63, 3.8) is 0 Å². The van der Waals surface area contributed by atoms with Gasteiger partial charge in [0.05, 0.1) is 11.4 Å². The Balaban J connectivity index is 1.95. The number of rotatable bonds is 5. The number of anilines is 1. The van der Waals surface area contributed by atoms with Gasteiger partial charge in [0.15, 0.2) is 0 Å². The molecule has 1 aromatic heterocycles. The van der Waals surface area contributed by atoms with E-state index in [9.17, 15) is 13.2 Å². The van der Waals surface area contributed by atoms with E-state index in [1.807, 2.05) is 6.92 Å². The van der Waals surface area contributed by atoms with E-state index in [-0.39, 0.29) is 11.4 Å². The van der Waals surface area contributed by atoms with E-state index in [0.717, 1.165) is 5.56 Å². The second-order valence-corrected chi connectivity index (χ2v) is 7.26. The normalized spacial score (nSPS) is 11.3. The van der Waals surface area contributed by atoms with E-state index in [4.69, 9.17) is 0 Å². The Hall–Kier alpha value is -1.84. The Kier molecular flexibility index (Phi) is 4.66. The molecule has 1 amide bonds. The quantitative estimate of drug-likeness (QED) is 0.856.